The van der Waals surface area contributed by atoms with Crippen LogP contribution in [-0.2, 0) is 6.54 Å². The summed E-state index contributed by atoms with van der Waals surface area (Å²) in [5.74, 6) is 0. The highest BCUT2D eigenvalue weighted by atomic mass is 32.1. The van der Waals surface area contributed by atoms with Crippen LogP contribution in [0.15, 0.2) is 42.7 Å². The van der Waals surface area contributed by atoms with Gasteiger partial charge in [0.25, 0.3) is 0 Å². The zero-order chi connectivity index (χ0) is 13.9. The first-order valence-electron chi connectivity index (χ1n) is 6.72. The van der Waals surface area contributed by atoms with E-state index in [2.05, 4.69) is 53.4 Å². The van der Waals surface area contributed by atoms with Crippen molar-refractivity contribution in [2.24, 2.45) is 0 Å². The fourth-order valence-corrected chi connectivity index (χ4v) is 3.03. The van der Waals surface area contributed by atoms with E-state index in [1.165, 1.54) is 15.8 Å². The van der Waals surface area contributed by atoms with Crippen molar-refractivity contribution >= 4 is 22.2 Å². The maximum Gasteiger partial charge on any atom is 0.109 e. The predicted molar refractivity (Wildman–Crippen MR) is 83.8 cm³/mol. The summed E-state index contributed by atoms with van der Waals surface area (Å²) in [7, 11) is 0. The van der Waals surface area contributed by atoms with Crippen LogP contribution in [0, 0.1) is 6.92 Å². The molecule has 2 heterocycles. The fourth-order valence-electron chi connectivity index (χ4n) is 2.23. The van der Waals surface area contributed by atoms with Gasteiger partial charge < -0.3 is 5.32 Å². The summed E-state index contributed by atoms with van der Waals surface area (Å²) in [6.45, 7) is 5.04. The van der Waals surface area contributed by atoms with Crippen LogP contribution in [0.25, 0.3) is 10.9 Å². The van der Waals surface area contributed by atoms with E-state index in [1.807, 2.05) is 18.5 Å². The molecule has 0 fully saturated rings. The minimum absolute atomic E-state index is 0.257. The summed E-state index contributed by atoms with van der Waals surface area (Å²) in [5, 5.41) is 5.85. The molecular weight excluding hydrogens is 266 g/mol. The smallest absolute Gasteiger partial charge is 0.109 e. The van der Waals surface area contributed by atoms with Gasteiger partial charge in [0, 0.05) is 29.2 Å². The van der Waals surface area contributed by atoms with Gasteiger partial charge in [0.1, 0.15) is 5.01 Å². The van der Waals surface area contributed by atoms with E-state index in [-0.39, 0.29) is 6.04 Å². The second-order valence-corrected chi connectivity index (χ2v) is 6.17. The van der Waals surface area contributed by atoms with E-state index in [9.17, 15) is 0 Å². The van der Waals surface area contributed by atoms with Crippen LogP contribution in [0.5, 0.6) is 0 Å². The van der Waals surface area contributed by atoms with Crippen molar-refractivity contribution in [3.63, 3.8) is 0 Å². The summed E-state index contributed by atoms with van der Waals surface area (Å²) < 4.78 is 0. The molecule has 0 spiro atoms. The third kappa shape index (κ3) is 2.71. The van der Waals surface area contributed by atoms with Gasteiger partial charge >= 0.3 is 0 Å². The number of thiazole rings is 1. The van der Waals surface area contributed by atoms with Gasteiger partial charge in [-0.15, -0.1) is 11.3 Å². The first kappa shape index (κ1) is 13.2. The van der Waals surface area contributed by atoms with Crippen molar-refractivity contribution in [3.05, 3.63) is 58.2 Å². The number of hydrogen-bond acceptors (Lipinski definition) is 4. The molecule has 1 N–H and O–H groups in total. The second-order valence-electron chi connectivity index (χ2n) is 4.90. The fraction of sp³-hybridized carbons (Fsp3) is 0.250. The Morgan fingerprint density at radius 3 is 2.85 bits per heavy atom. The number of nitrogens with zero attached hydrogens (tertiary/aromatic N) is 2. The Morgan fingerprint density at radius 1 is 1.20 bits per heavy atom. The van der Waals surface area contributed by atoms with Crippen LogP contribution in [0.2, 0.25) is 0 Å². The Hall–Kier alpha value is -1.78. The summed E-state index contributed by atoms with van der Waals surface area (Å²) >= 11 is 1.75. The highest BCUT2D eigenvalue weighted by molar-refractivity contribution is 7.11. The highest BCUT2D eigenvalue weighted by Crippen LogP contribution is 2.21. The summed E-state index contributed by atoms with van der Waals surface area (Å²) in [6, 6.07) is 10.6. The largest absolute Gasteiger partial charge is 0.304 e. The van der Waals surface area contributed by atoms with Crippen molar-refractivity contribution in [1.82, 2.24) is 15.3 Å². The molecule has 0 aliphatic rings. The van der Waals surface area contributed by atoms with E-state index < -0.39 is 0 Å². The average molecular weight is 283 g/mol. The Kier molecular flexibility index (Phi) is 3.76. The minimum Gasteiger partial charge on any atom is -0.304 e. The zero-order valence-corrected chi connectivity index (χ0v) is 12.4. The van der Waals surface area contributed by atoms with Crippen molar-refractivity contribution in [2.45, 2.75) is 26.4 Å². The van der Waals surface area contributed by atoms with Crippen LogP contribution in [0.1, 0.15) is 28.4 Å². The molecule has 0 radical (unpaired) electrons. The van der Waals surface area contributed by atoms with Gasteiger partial charge in [-0.3, -0.25) is 4.98 Å². The van der Waals surface area contributed by atoms with E-state index in [0.717, 1.165) is 17.1 Å². The number of rotatable bonds is 4. The van der Waals surface area contributed by atoms with E-state index >= 15 is 0 Å². The zero-order valence-electron chi connectivity index (χ0n) is 11.6. The Balaban J connectivity index is 1.77. The molecule has 3 rings (SSSR count). The number of benzene rings is 1. The Morgan fingerprint density at radius 2 is 2.05 bits per heavy atom. The number of hydrogen-bond donors (Lipinski definition) is 1. The first-order valence-corrected chi connectivity index (χ1v) is 7.54. The lowest BCUT2D eigenvalue weighted by Crippen LogP contribution is -2.18. The normalized spacial score (nSPS) is 12.7. The van der Waals surface area contributed by atoms with Crippen molar-refractivity contribution in [2.75, 3.05) is 0 Å². The number of aryl methyl sites for hydroxylation is 1. The maximum absolute atomic E-state index is 4.48. The molecule has 0 saturated carbocycles. The SMILES string of the molecule is Cc1cnc(C(C)NCc2cccc3cccnc23)s1. The number of fused-ring (bicyclic) bond motifs is 1. The van der Waals surface area contributed by atoms with Gasteiger partial charge in [0.05, 0.1) is 11.6 Å². The van der Waals surface area contributed by atoms with Gasteiger partial charge in [-0.2, -0.15) is 0 Å². The number of para-hydroxylation sites is 1. The lowest BCUT2D eigenvalue weighted by molar-refractivity contribution is 0.573. The molecule has 0 bridgehead atoms. The van der Waals surface area contributed by atoms with Crippen LogP contribution in [0.3, 0.4) is 0 Å². The Bertz CT molecular complexity index is 715. The molecule has 0 aliphatic heterocycles. The van der Waals surface area contributed by atoms with Crippen molar-refractivity contribution in [1.29, 1.82) is 0 Å². The van der Waals surface area contributed by atoms with Crippen LogP contribution < -0.4 is 5.32 Å². The number of aromatic nitrogens is 2. The lowest BCUT2D eigenvalue weighted by atomic mass is 10.1. The molecule has 4 heteroatoms. The number of pyridine rings is 1. The van der Waals surface area contributed by atoms with Gasteiger partial charge in [-0.1, -0.05) is 24.3 Å². The molecular formula is C16H17N3S. The summed E-state index contributed by atoms with van der Waals surface area (Å²) in [5.41, 5.74) is 2.30. The topological polar surface area (TPSA) is 37.8 Å². The third-order valence-corrected chi connectivity index (χ3v) is 4.42. The standard InChI is InChI=1S/C16H17N3S/c1-11-9-19-16(20-11)12(2)18-10-14-6-3-5-13-7-4-8-17-15(13)14/h3-9,12,18H,10H2,1-2H3. The van der Waals surface area contributed by atoms with Gasteiger partial charge in [0.2, 0.25) is 0 Å². The molecule has 3 aromatic rings. The van der Waals surface area contributed by atoms with Crippen LogP contribution in [0.4, 0.5) is 0 Å². The highest BCUT2D eigenvalue weighted by Gasteiger charge is 2.09. The van der Waals surface area contributed by atoms with Gasteiger partial charge in [-0.05, 0) is 25.5 Å². The molecule has 3 nitrogen and oxygen atoms in total. The molecule has 102 valence electrons. The van der Waals surface area contributed by atoms with Gasteiger partial charge in [0.15, 0.2) is 0 Å². The molecule has 1 atom stereocenters. The first-order chi connectivity index (χ1) is 9.74. The molecule has 20 heavy (non-hydrogen) atoms. The van der Waals surface area contributed by atoms with E-state index in [4.69, 9.17) is 0 Å². The molecule has 1 unspecified atom stereocenters. The van der Waals surface area contributed by atoms with Gasteiger partial charge in [-0.25, -0.2) is 4.98 Å². The Labute approximate surface area is 122 Å². The summed E-state index contributed by atoms with van der Waals surface area (Å²) in [4.78, 5) is 10.2. The monoisotopic (exact) mass is 283 g/mol. The van der Waals surface area contributed by atoms with Crippen molar-refractivity contribution < 1.29 is 0 Å². The van der Waals surface area contributed by atoms with E-state index in [0.29, 0.717) is 0 Å². The van der Waals surface area contributed by atoms with Crippen LogP contribution >= 0.6 is 11.3 Å². The maximum atomic E-state index is 4.48. The predicted octanol–water partition coefficient (Wildman–Crippen LogP) is 3.85. The van der Waals surface area contributed by atoms with E-state index in [1.54, 1.807) is 11.3 Å². The molecule has 1 aromatic carbocycles. The second kappa shape index (κ2) is 5.69. The van der Waals surface area contributed by atoms with Crippen LogP contribution in [-0.4, -0.2) is 9.97 Å². The van der Waals surface area contributed by atoms with Crippen molar-refractivity contribution in [3.8, 4) is 0 Å². The third-order valence-electron chi connectivity index (χ3n) is 3.32. The summed E-state index contributed by atoms with van der Waals surface area (Å²) in [6.07, 6.45) is 3.77. The molecule has 2 aromatic heterocycles. The number of nitrogens with one attached hydrogen (secondary N) is 1. The molecule has 0 saturated heterocycles. The minimum atomic E-state index is 0.257. The molecule has 0 aliphatic carbocycles. The lowest BCUT2D eigenvalue weighted by Gasteiger charge is -2.12. The average Bonchev–Trinajstić information content (AvgIpc) is 2.91. The molecule has 0 amide bonds. The quantitative estimate of drug-likeness (QED) is 0.790.